The van der Waals surface area contributed by atoms with E-state index in [9.17, 15) is 4.79 Å². The molecule has 0 saturated heterocycles. The van der Waals surface area contributed by atoms with Crippen molar-refractivity contribution in [1.82, 2.24) is 4.98 Å². The molecule has 3 aromatic rings. The molecule has 144 valence electrons. The highest BCUT2D eigenvalue weighted by Gasteiger charge is 2.13. The number of carbonyl (C=O) groups is 1. The third kappa shape index (κ3) is 4.88. The van der Waals surface area contributed by atoms with E-state index in [-0.39, 0.29) is 11.3 Å². The number of nitrogens with one attached hydrogen (secondary N) is 2. The van der Waals surface area contributed by atoms with E-state index in [2.05, 4.69) is 48.5 Å². The normalized spacial score (nSPS) is 11.0. The molecule has 1 heterocycles. The minimum absolute atomic E-state index is 0.124. The van der Waals surface area contributed by atoms with Crippen molar-refractivity contribution in [2.45, 2.75) is 26.2 Å². The largest absolute Gasteiger partial charge is 0.497 e. The third-order valence-electron chi connectivity index (χ3n) is 4.38. The average Bonchev–Trinajstić information content (AvgIpc) is 2.69. The van der Waals surface area contributed by atoms with Crippen molar-refractivity contribution in [3.8, 4) is 5.75 Å². The molecule has 0 aliphatic rings. The van der Waals surface area contributed by atoms with Gasteiger partial charge < -0.3 is 15.4 Å². The second kappa shape index (κ2) is 8.13. The van der Waals surface area contributed by atoms with Crippen LogP contribution >= 0.6 is 0 Å². The van der Waals surface area contributed by atoms with Gasteiger partial charge in [-0.25, -0.2) is 4.98 Å². The number of methoxy groups -OCH3 is 1. The van der Waals surface area contributed by atoms with Gasteiger partial charge in [-0.3, -0.25) is 4.79 Å². The Morgan fingerprint density at radius 2 is 1.68 bits per heavy atom. The highest BCUT2D eigenvalue weighted by atomic mass is 16.5. The van der Waals surface area contributed by atoms with Crippen molar-refractivity contribution in [2.24, 2.45) is 0 Å². The summed E-state index contributed by atoms with van der Waals surface area (Å²) in [5.74, 6) is 1.14. The van der Waals surface area contributed by atoms with Crippen LogP contribution in [0.1, 0.15) is 36.7 Å². The van der Waals surface area contributed by atoms with Crippen molar-refractivity contribution in [3.63, 3.8) is 0 Å². The van der Waals surface area contributed by atoms with Gasteiger partial charge in [-0.05, 0) is 53.4 Å². The first kappa shape index (κ1) is 19.4. The van der Waals surface area contributed by atoms with E-state index in [0.717, 1.165) is 5.69 Å². The smallest absolute Gasteiger partial charge is 0.255 e. The topological polar surface area (TPSA) is 63.2 Å². The molecule has 0 bridgehead atoms. The monoisotopic (exact) mass is 375 g/mol. The minimum atomic E-state index is -0.209. The Bertz CT molecular complexity index is 943. The van der Waals surface area contributed by atoms with Gasteiger partial charge in [0.15, 0.2) is 0 Å². The van der Waals surface area contributed by atoms with E-state index in [0.29, 0.717) is 22.8 Å². The van der Waals surface area contributed by atoms with Crippen LogP contribution in [0, 0.1) is 0 Å². The van der Waals surface area contributed by atoms with Gasteiger partial charge in [0.25, 0.3) is 5.91 Å². The minimum Gasteiger partial charge on any atom is -0.497 e. The van der Waals surface area contributed by atoms with Gasteiger partial charge in [0.1, 0.15) is 11.6 Å². The van der Waals surface area contributed by atoms with Gasteiger partial charge in [-0.15, -0.1) is 0 Å². The van der Waals surface area contributed by atoms with E-state index >= 15 is 0 Å². The number of nitrogens with zero attached hydrogens (tertiary/aromatic N) is 1. The van der Waals surface area contributed by atoms with Crippen LogP contribution in [0.15, 0.2) is 66.9 Å². The molecule has 1 amide bonds. The van der Waals surface area contributed by atoms with Gasteiger partial charge >= 0.3 is 0 Å². The van der Waals surface area contributed by atoms with Crippen LogP contribution in [-0.4, -0.2) is 18.0 Å². The summed E-state index contributed by atoms with van der Waals surface area (Å²) in [5, 5.41) is 6.11. The van der Waals surface area contributed by atoms with Crippen molar-refractivity contribution in [2.75, 3.05) is 17.7 Å². The Morgan fingerprint density at radius 3 is 2.29 bits per heavy atom. The third-order valence-corrected chi connectivity index (χ3v) is 4.38. The molecule has 5 heteroatoms. The summed E-state index contributed by atoms with van der Waals surface area (Å²) in [6.45, 7) is 6.57. The number of carbonyl (C=O) groups excluding carboxylic acids is 1. The number of hydrogen-bond donors (Lipinski definition) is 2. The lowest BCUT2D eigenvalue weighted by atomic mass is 9.87. The zero-order valence-electron chi connectivity index (χ0n) is 16.6. The van der Waals surface area contributed by atoms with Crippen LogP contribution in [-0.2, 0) is 5.41 Å². The van der Waals surface area contributed by atoms with E-state index in [1.54, 1.807) is 37.6 Å². The van der Waals surface area contributed by atoms with Crippen molar-refractivity contribution in [1.29, 1.82) is 0 Å². The zero-order valence-corrected chi connectivity index (χ0v) is 16.6. The molecule has 0 aliphatic carbocycles. The first-order chi connectivity index (χ1) is 13.3. The Morgan fingerprint density at radius 1 is 0.964 bits per heavy atom. The molecule has 2 N–H and O–H groups in total. The first-order valence-electron chi connectivity index (χ1n) is 9.14. The summed E-state index contributed by atoms with van der Waals surface area (Å²) in [6, 6.07) is 19.0. The van der Waals surface area contributed by atoms with Crippen LogP contribution in [0.3, 0.4) is 0 Å². The number of amides is 1. The lowest BCUT2D eigenvalue weighted by Gasteiger charge is -2.19. The lowest BCUT2D eigenvalue weighted by Crippen LogP contribution is -2.12. The van der Waals surface area contributed by atoms with Crippen molar-refractivity contribution < 1.29 is 9.53 Å². The summed E-state index contributed by atoms with van der Waals surface area (Å²) >= 11 is 0. The van der Waals surface area contributed by atoms with Crippen LogP contribution < -0.4 is 15.4 Å². The fourth-order valence-electron chi connectivity index (χ4n) is 2.71. The molecule has 2 aromatic carbocycles. The maximum absolute atomic E-state index is 12.4. The SMILES string of the molecule is COc1cccc(C(=O)Nc2ccc(Nc3ccc(C(C)(C)C)cc3)nc2)c1. The van der Waals surface area contributed by atoms with Gasteiger partial charge in [0, 0.05) is 11.3 Å². The standard InChI is InChI=1S/C23H25N3O2/c1-23(2,3)17-8-10-18(11-9-17)25-21-13-12-19(15-24-21)26-22(27)16-6-5-7-20(14-16)28-4/h5-15H,1-4H3,(H,24,25)(H,26,27). The number of ether oxygens (including phenoxy) is 1. The molecule has 0 atom stereocenters. The molecule has 1 aromatic heterocycles. The summed E-state index contributed by atoms with van der Waals surface area (Å²) in [4.78, 5) is 16.7. The molecular formula is C23H25N3O2. The number of rotatable bonds is 5. The summed E-state index contributed by atoms with van der Waals surface area (Å²) in [5.41, 5.74) is 3.52. The molecular weight excluding hydrogens is 350 g/mol. The molecule has 0 spiro atoms. The Hall–Kier alpha value is -3.34. The fourth-order valence-corrected chi connectivity index (χ4v) is 2.71. The summed E-state index contributed by atoms with van der Waals surface area (Å²) in [6.07, 6.45) is 1.63. The van der Waals surface area contributed by atoms with Gasteiger partial charge in [-0.1, -0.05) is 39.0 Å². The van der Waals surface area contributed by atoms with Crippen LogP contribution in [0.2, 0.25) is 0 Å². The highest BCUT2D eigenvalue weighted by Crippen LogP contribution is 2.24. The summed E-state index contributed by atoms with van der Waals surface area (Å²) < 4.78 is 5.15. The summed E-state index contributed by atoms with van der Waals surface area (Å²) in [7, 11) is 1.57. The molecule has 3 rings (SSSR count). The van der Waals surface area contributed by atoms with Gasteiger partial charge in [0.2, 0.25) is 0 Å². The predicted molar refractivity (Wildman–Crippen MR) is 114 cm³/mol. The number of anilines is 3. The van der Waals surface area contributed by atoms with Crippen molar-refractivity contribution in [3.05, 3.63) is 78.0 Å². The lowest BCUT2D eigenvalue weighted by molar-refractivity contribution is 0.102. The number of pyridine rings is 1. The van der Waals surface area contributed by atoms with Gasteiger partial charge in [0.05, 0.1) is 19.0 Å². The van der Waals surface area contributed by atoms with Crippen LogP contribution in [0.5, 0.6) is 5.75 Å². The second-order valence-corrected chi connectivity index (χ2v) is 7.57. The van der Waals surface area contributed by atoms with E-state index < -0.39 is 0 Å². The maximum Gasteiger partial charge on any atom is 0.255 e. The van der Waals surface area contributed by atoms with Crippen LogP contribution in [0.4, 0.5) is 17.2 Å². The molecule has 0 aliphatic heterocycles. The highest BCUT2D eigenvalue weighted by molar-refractivity contribution is 6.04. The molecule has 0 unspecified atom stereocenters. The molecule has 0 radical (unpaired) electrons. The zero-order chi connectivity index (χ0) is 20.1. The molecule has 0 saturated carbocycles. The molecule has 28 heavy (non-hydrogen) atoms. The predicted octanol–water partition coefficient (Wildman–Crippen LogP) is 5.38. The second-order valence-electron chi connectivity index (χ2n) is 7.57. The fraction of sp³-hybridized carbons (Fsp3) is 0.217. The van der Waals surface area contributed by atoms with E-state index in [4.69, 9.17) is 4.74 Å². The van der Waals surface area contributed by atoms with E-state index in [1.807, 2.05) is 24.3 Å². The van der Waals surface area contributed by atoms with Gasteiger partial charge in [-0.2, -0.15) is 0 Å². The Labute approximate surface area is 165 Å². The average molecular weight is 375 g/mol. The van der Waals surface area contributed by atoms with Crippen molar-refractivity contribution >= 4 is 23.1 Å². The number of hydrogen-bond acceptors (Lipinski definition) is 4. The first-order valence-corrected chi connectivity index (χ1v) is 9.14. The maximum atomic E-state index is 12.4. The Balaban J connectivity index is 1.64. The quantitative estimate of drug-likeness (QED) is 0.628. The molecule has 0 fully saturated rings. The Kier molecular flexibility index (Phi) is 5.64. The van der Waals surface area contributed by atoms with Crippen LogP contribution in [0.25, 0.3) is 0 Å². The van der Waals surface area contributed by atoms with E-state index in [1.165, 1.54) is 5.56 Å². The number of aromatic nitrogens is 1. The number of benzene rings is 2. The molecule has 5 nitrogen and oxygen atoms in total.